The lowest BCUT2D eigenvalue weighted by Crippen LogP contribution is -2.57. The number of aliphatic carboxylic acids is 1. The third kappa shape index (κ3) is 10.0. The summed E-state index contributed by atoms with van der Waals surface area (Å²) >= 11 is 0. The van der Waals surface area contributed by atoms with Gasteiger partial charge in [-0.1, -0.05) is 0 Å². The summed E-state index contributed by atoms with van der Waals surface area (Å²) < 4.78 is 0. The molecule has 3 atom stereocenters. The van der Waals surface area contributed by atoms with Crippen molar-refractivity contribution in [2.24, 2.45) is 17.2 Å². The van der Waals surface area contributed by atoms with Crippen LogP contribution in [-0.2, 0) is 28.8 Å². The van der Waals surface area contributed by atoms with E-state index in [4.69, 9.17) is 27.4 Å². The first kappa shape index (κ1) is 24.7. The van der Waals surface area contributed by atoms with Gasteiger partial charge in [-0.3, -0.25) is 28.8 Å². The van der Waals surface area contributed by atoms with Gasteiger partial charge in [-0.05, 0) is 6.42 Å². The van der Waals surface area contributed by atoms with Gasteiger partial charge >= 0.3 is 5.97 Å². The maximum absolute atomic E-state index is 12.4. The predicted molar refractivity (Wildman–Crippen MR) is 91.8 cm³/mol. The summed E-state index contributed by atoms with van der Waals surface area (Å²) in [6, 6.07) is -4.24. The molecule has 0 unspecified atom stereocenters. The Hall–Kier alpha value is -3.26. The minimum atomic E-state index is -1.52. The number of nitrogens with one attached hydrogen (secondary N) is 3. The Bertz CT molecular complexity index is 625. The number of hydrogen-bond donors (Lipinski definition) is 8. The lowest BCUT2D eigenvalue weighted by atomic mass is 10.1. The first-order chi connectivity index (χ1) is 13.0. The monoisotopic (exact) mass is 404 g/mol. The number of primary amides is 2. The second kappa shape index (κ2) is 12.2. The van der Waals surface area contributed by atoms with E-state index in [0.717, 1.165) is 0 Å². The van der Waals surface area contributed by atoms with Gasteiger partial charge in [-0.2, -0.15) is 0 Å². The van der Waals surface area contributed by atoms with Crippen LogP contribution in [-0.4, -0.2) is 77.0 Å². The molecule has 14 nitrogen and oxygen atoms in total. The van der Waals surface area contributed by atoms with Crippen molar-refractivity contribution in [2.45, 2.75) is 37.4 Å². The number of aliphatic hydroxyl groups is 1. The first-order valence-corrected chi connectivity index (χ1v) is 8.01. The topological polar surface area (TPSA) is 257 Å². The Labute approximate surface area is 159 Å². The van der Waals surface area contributed by atoms with Gasteiger partial charge in [0.05, 0.1) is 13.0 Å². The summed E-state index contributed by atoms with van der Waals surface area (Å²) in [5, 5.41) is 23.8. The fourth-order valence-corrected chi connectivity index (χ4v) is 1.89. The number of carboxylic acid groups (broad SMARTS) is 1. The quantitative estimate of drug-likeness (QED) is 0.145. The van der Waals surface area contributed by atoms with Crippen molar-refractivity contribution in [3.63, 3.8) is 0 Å². The molecule has 0 saturated carbocycles. The molecule has 158 valence electrons. The molecular weight excluding hydrogens is 380 g/mol. The number of hydrogen-bond acceptors (Lipinski definition) is 8. The van der Waals surface area contributed by atoms with Crippen molar-refractivity contribution in [1.29, 1.82) is 0 Å². The van der Waals surface area contributed by atoms with E-state index >= 15 is 0 Å². The van der Waals surface area contributed by atoms with E-state index in [1.54, 1.807) is 0 Å². The van der Waals surface area contributed by atoms with Crippen LogP contribution in [0.1, 0.15) is 19.3 Å². The van der Waals surface area contributed by atoms with Gasteiger partial charge in [0.15, 0.2) is 0 Å². The zero-order chi connectivity index (χ0) is 21.9. The van der Waals surface area contributed by atoms with Crippen LogP contribution in [0, 0.1) is 0 Å². The molecular formula is C14H24N6O8. The highest BCUT2D eigenvalue weighted by atomic mass is 16.4. The van der Waals surface area contributed by atoms with Gasteiger partial charge in [-0.15, -0.1) is 0 Å². The van der Waals surface area contributed by atoms with Crippen LogP contribution in [0.4, 0.5) is 0 Å². The van der Waals surface area contributed by atoms with Crippen molar-refractivity contribution in [3.8, 4) is 0 Å². The molecule has 0 saturated heterocycles. The summed E-state index contributed by atoms with van der Waals surface area (Å²) in [7, 11) is 0. The molecule has 0 aromatic carbocycles. The number of aliphatic hydroxyl groups excluding tert-OH is 1. The van der Waals surface area contributed by atoms with Crippen molar-refractivity contribution in [3.05, 3.63) is 0 Å². The summed E-state index contributed by atoms with van der Waals surface area (Å²) in [5.41, 5.74) is 15.4. The van der Waals surface area contributed by atoms with Crippen LogP contribution in [0.15, 0.2) is 0 Å². The molecule has 0 aromatic heterocycles. The molecule has 0 radical (unpaired) electrons. The van der Waals surface area contributed by atoms with E-state index in [1.165, 1.54) is 0 Å². The van der Waals surface area contributed by atoms with Crippen LogP contribution in [0.25, 0.3) is 0 Å². The molecule has 0 heterocycles. The average Bonchev–Trinajstić information content (AvgIpc) is 2.60. The standard InChI is InChI=1S/C14H24N6O8/c15-6(5-21)12(26)19-7(1-2-9(16)22)14(28)20-8(3-10(17)23)13(27)18-4-11(24)25/h6-8,21H,1-5,15H2,(H2,16,22)(H2,17,23)(H,18,27)(H,19,26)(H,20,28)(H,24,25)/t6-,7-,8-/m0/s1. The van der Waals surface area contributed by atoms with Crippen LogP contribution < -0.4 is 33.2 Å². The van der Waals surface area contributed by atoms with Gasteiger partial charge in [0, 0.05) is 6.42 Å². The van der Waals surface area contributed by atoms with E-state index in [1.807, 2.05) is 5.32 Å². The molecule has 28 heavy (non-hydrogen) atoms. The zero-order valence-electron chi connectivity index (χ0n) is 14.8. The maximum Gasteiger partial charge on any atom is 0.322 e. The summed E-state index contributed by atoms with van der Waals surface area (Å²) in [4.78, 5) is 68.8. The highest BCUT2D eigenvalue weighted by Crippen LogP contribution is 2.01. The highest BCUT2D eigenvalue weighted by Gasteiger charge is 2.29. The summed E-state index contributed by atoms with van der Waals surface area (Å²) in [6.45, 7) is -1.48. The molecule has 0 aliphatic carbocycles. The highest BCUT2D eigenvalue weighted by molar-refractivity contribution is 5.95. The number of carbonyl (C=O) groups excluding carboxylic acids is 5. The largest absolute Gasteiger partial charge is 0.480 e. The number of nitrogens with two attached hydrogens (primary N) is 3. The predicted octanol–water partition coefficient (Wildman–Crippen LogP) is -5.38. The molecule has 0 spiro atoms. The Morgan fingerprint density at radius 2 is 1.43 bits per heavy atom. The average molecular weight is 404 g/mol. The smallest absolute Gasteiger partial charge is 0.322 e. The second-order valence-corrected chi connectivity index (χ2v) is 5.70. The van der Waals surface area contributed by atoms with Gasteiger partial charge in [0.2, 0.25) is 29.5 Å². The van der Waals surface area contributed by atoms with E-state index in [-0.39, 0.29) is 12.8 Å². The third-order valence-electron chi connectivity index (χ3n) is 3.30. The van der Waals surface area contributed by atoms with Crippen LogP contribution >= 0.6 is 0 Å². The fourth-order valence-electron chi connectivity index (χ4n) is 1.89. The molecule has 0 bridgehead atoms. The van der Waals surface area contributed by atoms with E-state index in [0.29, 0.717) is 0 Å². The Morgan fingerprint density at radius 3 is 1.89 bits per heavy atom. The van der Waals surface area contributed by atoms with Crippen molar-refractivity contribution in [2.75, 3.05) is 13.2 Å². The molecule has 5 amide bonds. The summed E-state index contributed by atoms with van der Waals surface area (Å²) in [5.74, 6) is -5.98. The van der Waals surface area contributed by atoms with E-state index in [2.05, 4.69) is 10.6 Å². The van der Waals surface area contributed by atoms with Crippen LogP contribution in [0.3, 0.4) is 0 Å². The molecule has 0 aliphatic rings. The number of carbonyl (C=O) groups is 6. The maximum atomic E-state index is 12.4. The van der Waals surface area contributed by atoms with Crippen molar-refractivity contribution in [1.82, 2.24) is 16.0 Å². The molecule has 0 fully saturated rings. The molecule has 0 rings (SSSR count). The SMILES string of the molecule is NC(=O)CC[C@H](NC(=O)[C@@H](N)CO)C(=O)N[C@@H](CC(N)=O)C(=O)NCC(=O)O. The Balaban J connectivity index is 5.26. The lowest BCUT2D eigenvalue weighted by Gasteiger charge is -2.23. The number of rotatable bonds is 13. The minimum Gasteiger partial charge on any atom is -0.480 e. The molecule has 0 aliphatic heterocycles. The normalized spacial score (nSPS) is 13.5. The molecule has 0 aromatic rings. The lowest BCUT2D eigenvalue weighted by molar-refractivity contribution is -0.138. The number of amides is 5. The van der Waals surface area contributed by atoms with E-state index < -0.39 is 73.2 Å². The van der Waals surface area contributed by atoms with Crippen molar-refractivity contribution >= 4 is 35.5 Å². The Kier molecular flexibility index (Phi) is 10.8. The van der Waals surface area contributed by atoms with Crippen molar-refractivity contribution < 1.29 is 39.0 Å². The van der Waals surface area contributed by atoms with Gasteiger partial charge < -0.3 is 43.4 Å². The van der Waals surface area contributed by atoms with Crippen LogP contribution in [0.2, 0.25) is 0 Å². The van der Waals surface area contributed by atoms with Crippen LogP contribution in [0.5, 0.6) is 0 Å². The summed E-state index contributed by atoms with van der Waals surface area (Å²) in [6.07, 6.45) is -1.21. The zero-order valence-corrected chi connectivity index (χ0v) is 14.8. The molecule has 14 heteroatoms. The molecule has 11 N–H and O–H groups in total. The minimum absolute atomic E-state index is 0.259. The van der Waals surface area contributed by atoms with Gasteiger partial charge in [0.1, 0.15) is 24.7 Å². The first-order valence-electron chi connectivity index (χ1n) is 8.01. The fraction of sp³-hybridized carbons (Fsp3) is 0.571. The van der Waals surface area contributed by atoms with Gasteiger partial charge in [0.25, 0.3) is 0 Å². The third-order valence-corrected chi connectivity index (χ3v) is 3.30. The van der Waals surface area contributed by atoms with Gasteiger partial charge in [-0.25, -0.2) is 0 Å². The van der Waals surface area contributed by atoms with E-state index in [9.17, 15) is 28.8 Å². The Morgan fingerprint density at radius 1 is 0.857 bits per heavy atom. The second-order valence-electron chi connectivity index (χ2n) is 5.70. The number of carboxylic acids is 1.